The topological polar surface area (TPSA) is 84.3 Å². The van der Waals surface area contributed by atoms with Gasteiger partial charge in [0.15, 0.2) is 0 Å². The van der Waals surface area contributed by atoms with E-state index in [1.165, 1.54) is 13.1 Å². The molecule has 0 aliphatic carbocycles. The van der Waals surface area contributed by atoms with E-state index in [9.17, 15) is 4.79 Å². The second kappa shape index (κ2) is 5.92. The van der Waals surface area contributed by atoms with Crippen LogP contribution < -0.4 is 10.1 Å². The number of aliphatic hydroxyl groups excluding tert-OH is 1. The van der Waals surface area contributed by atoms with Gasteiger partial charge in [-0.3, -0.25) is 10.1 Å². The van der Waals surface area contributed by atoms with Crippen LogP contribution in [0.15, 0.2) is 12.3 Å². The van der Waals surface area contributed by atoms with Crippen LogP contribution in [0, 0.1) is 0 Å². The number of amides is 1. The Bertz CT molecular complexity index is 330. The number of ether oxygens (including phenoxy) is 1. The van der Waals surface area contributed by atoms with Gasteiger partial charge in [0.2, 0.25) is 17.7 Å². The average Bonchev–Trinajstić information content (AvgIpc) is 2.18. The minimum atomic E-state index is -0.234. The maximum Gasteiger partial charge on any atom is 0.232 e. The molecule has 1 rings (SSSR count). The molecule has 6 nitrogen and oxygen atoms in total. The van der Waals surface area contributed by atoms with Gasteiger partial charge in [-0.1, -0.05) is 0 Å². The number of hydrogen-bond acceptors (Lipinski definition) is 5. The van der Waals surface area contributed by atoms with Crippen molar-refractivity contribution in [3.63, 3.8) is 0 Å². The predicted molar refractivity (Wildman–Crippen MR) is 53.5 cm³/mol. The van der Waals surface area contributed by atoms with Crippen LogP contribution in [-0.2, 0) is 4.79 Å². The SMILES string of the molecule is CC(=O)Nc1nccc(OCCCO)n1. The first kappa shape index (κ1) is 11.4. The molecular weight excluding hydrogens is 198 g/mol. The number of aromatic nitrogens is 2. The van der Waals surface area contributed by atoms with Crippen LogP contribution in [0.1, 0.15) is 13.3 Å². The van der Waals surface area contributed by atoms with Crippen molar-refractivity contribution in [3.05, 3.63) is 12.3 Å². The molecule has 0 saturated carbocycles. The predicted octanol–water partition coefficient (Wildman–Crippen LogP) is 0.196. The highest BCUT2D eigenvalue weighted by molar-refractivity contribution is 5.86. The van der Waals surface area contributed by atoms with Crippen molar-refractivity contribution in [3.8, 4) is 5.88 Å². The summed E-state index contributed by atoms with van der Waals surface area (Å²) >= 11 is 0. The molecule has 0 aromatic carbocycles. The van der Waals surface area contributed by atoms with Crippen LogP contribution in [0.2, 0.25) is 0 Å². The highest BCUT2D eigenvalue weighted by Gasteiger charge is 2.01. The number of nitrogens with one attached hydrogen (secondary N) is 1. The quantitative estimate of drug-likeness (QED) is 0.679. The van der Waals surface area contributed by atoms with E-state index in [1.807, 2.05) is 0 Å². The van der Waals surface area contributed by atoms with Gasteiger partial charge in [-0.15, -0.1) is 0 Å². The molecule has 82 valence electrons. The summed E-state index contributed by atoms with van der Waals surface area (Å²) in [5.74, 6) is 0.355. The summed E-state index contributed by atoms with van der Waals surface area (Å²) in [4.78, 5) is 18.5. The molecule has 0 bridgehead atoms. The van der Waals surface area contributed by atoms with Gasteiger partial charge in [0, 0.05) is 32.2 Å². The first-order valence-corrected chi connectivity index (χ1v) is 4.56. The molecule has 1 heterocycles. The Morgan fingerprint density at radius 3 is 3.13 bits per heavy atom. The summed E-state index contributed by atoms with van der Waals surface area (Å²) in [6.45, 7) is 1.83. The Morgan fingerprint density at radius 2 is 2.47 bits per heavy atom. The standard InChI is InChI=1S/C9H13N3O3/c1-7(14)11-9-10-4-3-8(12-9)15-6-2-5-13/h3-4,13H,2,5-6H2,1H3,(H,10,11,12,14). The molecule has 0 spiro atoms. The normalized spacial score (nSPS) is 9.73. The Morgan fingerprint density at radius 1 is 1.67 bits per heavy atom. The van der Waals surface area contributed by atoms with Crippen LogP contribution in [0.5, 0.6) is 5.88 Å². The fourth-order valence-electron chi connectivity index (χ4n) is 0.881. The Labute approximate surface area is 87.3 Å². The summed E-state index contributed by atoms with van der Waals surface area (Å²) in [5.41, 5.74) is 0. The van der Waals surface area contributed by atoms with E-state index in [-0.39, 0.29) is 18.5 Å². The molecule has 1 aromatic rings. The summed E-state index contributed by atoms with van der Waals surface area (Å²) < 4.78 is 5.21. The second-order valence-electron chi connectivity index (χ2n) is 2.83. The van der Waals surface area contributed by atoms with Crippen molar-refractivity contribution in [2.24, 2.45) is 0 Å². The lowest BCUT2D eigenvalue weighted by Gasteiger charge is -2.05. The lowest BCUT2D eigenvalue weighted by Crippen LogP contribution is -2.10. The van der Waals surface area contributed by atoms with Gasteiger partial charge in [-0.05, 0) is 0 Å². The smallest absolute Gasteiger partial charge is 0.232 e. The van der Waals surface area contributed by atoms with Crippen LogP contribution in [0.3, 0.4) is 0 Å². The number of anilines is 1. The summed E-state index contributed by atoms with van der Waals surface area (Å²) in [6.07, 6.45) is 2.03. The highest BCUT2D eigenvalue weighted by atomic mass is 16.5. The molecule has 15 heavy (non-hydrogen) atoms. The Balaban J connectivity index is 2.53. The molecule has 6 heteroatoms. The maximum atomic E-state index is 10.7. The molecule has 1 aromatic heterocycles. The van der Waals surface area contributed by atoms with Crippen molar-refractivity contribution in [2.75, 3.05) is 18.5 Å². The van der Waals surface area contributed by atoms with E-state index in [4.69, 9.17) is 9.84 Å². The monoisotopic (exact) mass is 211 g/mol. The van der Waals surface area contributed by atoms with Gasteiger partial charge in [0.25, 0.3) is 0 Å². The van der Waals surface area contributed by atoms with Crippen molar-refractivity contribution < 1.29 is 14.6 Å². The van der Waals surface area contributed by atoms with E-state index in [0.29, 0.717) is 18.9 Å². The summed E-state index contributed by atoms with van der Waals surface area (Å²) in [6, 6.07) is 1.59. The molecule has 0 atom stereocenters. The molecule has 2 N–H and O–H groups in total. The van der Waals surface area contributed by atoms with Crippen molar-refractivity contribution >= 4 is 11.9 Å². The summed E-state index contributed by atoms with van der Waals surface area (Å²) in [7, 11) is 0. The van der Waals surface area contributed by atoms with Gasteiger partial charge in [-0.2, -0.15) is 4.98 Å². The third-order valence-electron chi connectivity index (χ3n) is 1.47. The number of nitrogens with zero attached hydrogens (tertiary/aromatic N) is 2. The second-order valence-corrected chi connectivity index (χ2v) is 2.83. The van der Waals surface area contributed by atoms with Crippen molar-refractivity contribution in [2.45, 2.75) is 13.3 Å². The Kier molecular flexibility index (Phi) is 4.49. The Hall–Kier alpha value is -1.69. The first-order chi connectivity index (χ1) is 7.22. The van der Waals surface area contributed by atoms with Crippen LogP contribution >= 0.6 is 0 Å². The van der Waals surface area contributed by atoms with E-state index in [2.05, 4.69) is 15.3 Å². The largest absolute Gasteiger partial charge is 0.477 e. The molecular formula is C9H13N3O3. The zero-order chi connectivity index (χ0) is 11.1. The van der Waals surface area contributed by atoms with Gasteiger partial charge < -0.3 is 9.84 Å². The molecule has 1 amide bonds. The third-order valence-corrected chi connectivity index (χ3v) is 1.47. The fourth-order valence-corrected chi connectivity index (χ4v) is 0.881. The molecule has 0 unspecified atom stereocenters. The minimum Gasteiger partial charge on any atom is -0.477 e. The molecule has 0 aliphatic heterocycles. The van der Waals surface area contributed by atoms with E-state index in [1.54, 1.807) is 6.07 Å². The molecule has 0 fully saturated rings. The van der Waals surface area contributed by atoms with Gasteiger partial charge in [0.05, 0.1) is 6.61 Å². The van der Waals surface area contributed by atoms with Crippen LogP contribution in [0.25, 0.3) is 0 Å². The lowest BCUT2D eigenvalue weighted by molar-refractivity contribution is -0.114. The van der Waals surface area contributed by atoms with E-state index >= 15 is 0 Å². The van der Waals surface area contributed by atoms with Gasteiger partial charge in [-0.25, -0.2) is 4.98 Å². The van der Waals surface area contributed by atoms with Gasteiger partial charge >= 0.3 is 0 Å². The summed E-state index contributed by atoms with van der Waals surface area (Å²) in [5, 5.41) is 11.0. The zero-order valence-electron chi connectivity index (χ0n) is 8.43. The average molecular weight is 211 g/mol. The van der Waals surface area contributed by atoms with Crippen molar-refractivity contribution in [1.29, 1.82) is 0 Å². The number of hydrogen-bond donors (Lipinski definition) is 2. The van der Waals surface area contributed by atoms with Crippen molar-refractivity contribution in [1.82, 2.24) is 9.97 Å². The molecule has 0 radical (unpaired) electrons. The van der Waals surface area contributed by atoms with Crippen LogP contribution in [0.4, 0.5) is 5.95 Å². The van der Waals surface area contributed by atoms with E-state index in [0.717, 1.165) is 0 Å². The first-order valence-electron chi connectivity index (χ1n) is 4.56. The zero-order valence-corrected chi connectivity index (χ0v) is 8.43. The maximum absolute atomic E-state index is 10.7. The minimum absolute atomic E-state index is 0.0731. The third kappa shape index (κ3) is 4.37. The van der Waals surface area contributed by atoms with E-state index < -0.39 is 0 Å². The molecule has 0 saturated heterocycles. The highest BCUT2D eigenvalue weighted by Crippen LogP contribution is 2.08. The number of carbonyl (C=O) groups excluding carboxylic acids is 1. The molecule has 0 aliphatic rings. The number of rotatable bonds is 5. The fraction of sp³-hybridized carbons (Fsp3) is 0.444. The lowest BCUT2D eigenvalue weighted by atomic mass is 10.5. The van der Waals surface area contributed by atoms with Gasteiger partial charge in [0.1, 0.15) is 0 Å². The number of aliphatic hydroxyl groups is 1. The van der Waals surface area contributed by atoms with Crippen LogP contribution in [-0.4, -0.2) is 34.2 Å². The number of carbonyl (C=O) groups is 1.